The second-order valence-corrected chi connectivity index (χ2v) is 8.90. The zero-order chi connectivity index (χ0) is 24.8. The van der Waals surface area contributed by atoms with Gasteiger partial charge in [-0.1, -0.05) is 12.2 Å². The van der Waals surface area contributed by atoms with Crippen molar-refractivity contribution in [1.29, 1.82) is 0 Å². The number of ketones is 1. The number of imidazole rings is 1. The molecule has 3 heterocycles. The third-order valence-corrected chi connectivity index (χ3v) is 6.70. The summed E-state index contributed by atoms with van der Waals surface area (Å²) in [6.45, 7) is 7.64. The number of anilines is 1. The summed E-state index contributed by atoms with van der Waals surface area (Å²) in [5, 5.41) is 2.80. The summed E-state index contributed by atoms with van der Waals surface area (Å²) in [6, 6.07) is 0.149. The Morgan fingerprint density at radius 3 is 2.91 bits per heavy atom. The number of ether oxygens (including phenoxy) is 1. The third kappa shape index (κ3) is 5.28. The first kappa shape index (κ1) is 24.6. The standard InChI is InChI=1S/C26H34N6O3/c1-4-8-21(20-11-10-17(13-22(33)27-6-3)24(34)19(20)5-2)35-14-18-9-7-12-32(18)26-23-25(29-15-28-23)30-16-31-26/h4-5,8,15-18H,6-7,9-14H2,1-3H3,(H,27,33)(H,28,29,30,31)/b8-4?,19-5+,21-20+. The van der Waals surface area contributed by atoms with E-state index in [0.29, 0.717) is 37.2 Å². The molecule has 186 valence electrons. The van der Waals surface area contributed by atoms with Gasteiger partial charge >= 0.3 is 0 Å². The normalized spacial score (nSPS) is 23.5. The van der Waals surface area contributed by atoms with Crippen LogP contribution < -0.4 is 10.2 Å². The van der Waals surface area contributed by atoms with Gasteiger partial charge in [-0.3, -0.25) is 9.59 Å². The van der Waals surface area contributed by atoms with Crippen molar-refractivity contribution in [3.05, 3.63) is 47.8 Å². The van der Waals surface area contributed by atoms with Gasteiger partial charge in [-0.05, 0) is 52.5 Å². The number of hydrogen-bond donors (Lipinski definition) is 2. The molecule has 0 radical (unpaired) electrons. The molecule has 4 rings (SSSR count). The number of Topliss-reactive ketones (excluding diaryl/α,β-unsaturated/α-hetero) is 1. The first-order valence-corrected chi connectivity index (χ1v) is 12.4. The number of aromatic amines is 1. The van der Waals surface area contributed by atoms with Gasteiger partial charge in [0.2, 0.25) is 5.91 Å². The van der Waals surface area contributed by atoms with Crippen LogP contribution in [0.25, 0.3) is 11.2 Å². The highest BCUT2D eigenvalue weighted by Gasteiger charge is 2.33. The third-order valence-electron chi connectivity index (χ3n) is 6.70. The van der Waals surface area contributed by atoms with Gasteiger partial charge in [0.05, 0.1) is 12.4 Å². The molecule has 0 bridgehead atoms. The topological polar surface area (TPSA) is 113 Å². The molecule has 1 amide bonds. The van der Waals surface area contributed by atoms with Crippen molar-refractivity contribution < 1.29 is 14.3 Å². The average Bonchev–Trinajstić information content (AvgIpc) is 3.52. The van der Waals surface area contributed by atoms with Crippen LogP contribution in [0.5, 0.6) is 0 Å². The fraction of sp³-hybridized carbons (Fsp3) is 0.500. The van der Waals surface area contributed by atoms with Gasteiger partial charge in [0.15, 0.2) is 17.2 Å². The molecule has 2 atom stereocenters. The smallest absolute Gasteiger partial charge is 0.220 e. The van der Waals surface area contributed by atoms with Crippen LogP contribution in [0.15, 0.2) is 47.8 Å². The van der Waals surface area contributed by atoms with Crippen LogP contribution in [0.4, 0.5) is 5.82 Å². The summed E-state index contributed by atoms with van der Waals surface area (Å²) in [6.07, 6.45) is 12.5. The van der Waals surface area contributed by atoms with Crippen LogP contribution in [0.2, 0.25) is 0 Å². The number of H-pyrrole nitrogens is 1. The molecule has 35 heavy (non-hydrogen) atoms. The van der Waals surface area contributed by atoms with Crippen LogP contribution in [0.1, 0.15) is 52.9 Å². The SMILES string of the molecule is CC=C/C(OCC1CCCN1c1ncnc2nc[nH]c12)=C1/CCC(CC(=O)NCC)C(=O)/C1=C/C. The Balaban J connectivity index is 1.51. The predicted molar refractivity (Wildman–Crippen MR) is 135 cm³/mol. The number of amides is 1. The average molecular weight is 479 g/mol. The lowest BCUT2D eigenvalue weighted by atomic mass is 9.78. The first-order chi connectivity index (χ1) is 17.1. The van der Waals surface area contributed by atoms with Crippen molar-refractivity contribution >= 4 is 28.7 Å². The Bertz CT molecular complexity index is 1160. The highest BCUT2D eigenvalue weighted by Crippen LogP contribution is 2.35. The molecular weight excluding hydrogens is 444 g/mol. The molecule has 9 nitrogen and oxygen atoms in total. The number of rotatable bonds is 8. The Morgan fingerprint density at radius 2 is 2.14 bits per heavy atom. The van der Waals surface area contributed by atoms with Gasteiger partial charge in [0.1, 0.15) is 24.2 Å². The highest BCUT2D eigenvalue weighted by atomic mass is 16.5. The van der Waals surface area contributed by atoms with E-state index in [0.717, 1.165) is 42.1 Å². The van der Waals surface area contributed by atoms with Gasteiger partial charge in [-0.25, -0.2) is 15.0 Å². The van der Waals surface area contributed by atoms with E-state index in [9.17, 15) is 9.59 Å². The number of fused-ring (bicyclic) bond motifs is 1. The van der Waals surface area contributed by atoms with E-state index in [2.05, 4.69) is 30.2 Å². The van der Waals surface area contributed by atoms with E-state index in [1.54, 1.807) is 12.7 Å². The molecule has 0 aromatic carbocycles. The molecule has 2 aliphatic rings. The molecule has 1 saturated carbocycles. The van der Waals surface area contributed by atoms with Crippen molar-refractivity contribution in [1.82, 2.24) is 25.3 Å². The lowest BCUT2D eigenvalue weighted by Crippen LogP contribution is -2.34. The van der Waals surface area contributed by atoms with E-state index in [4.69, 9.17) is 4.74 Å². The molecule has 1 aliphatic carbocycles. The van der Waals surface area contributed by atoms with E-state index < -0.39 is 0 Å². The van der Waals surface area contributed by atoms with E-state index in [1.807, 2.05) is 39.0 Å². The van der Waals surface area contributed by atoms with Crippen LogP contribution in [-0.4, -0.2) is 57.4 Å². The van der Waals surface area contributed by atoms with Crippen LogP contribution in [-0.2, 0) is 14.3 Å². The van der Waals surface area contributed by atoms with Gasteiger partial charge in [0, 0.05) is 36.6 Å². The second-order valence-electron chi connectivity index (χ2n) is 8.90. The largest absolute Gasteiger partial charge is 0.491 e. The molecule has 2 aromatic rings. The molecule has 2 unspecified atom stereocenters. The minimum Gasteiger partial charge on any atom is -0.491 e. The Hall–Kier alpha value is -3.49. The Labute approximate surface area is 205 Å². The summed E-state index contributed by atoms with van der Waals surface area (Å²) >= 11 is 0. The van der Waals surface area contributed by atoms with Crippen LogP contribution in [0.3, 0.4) is 0 Å². The number of carbonyl (C=O) groups is 2. The van der Waals surface area contributed by atoms with Gasteiger partial charge in [-0.2, -0.15) is 0 Å². The first-order valence-electron chi connectivity index (χ1n) is 12.4. The number of nitrogens with one attached hydrogen (secondary N) is 2. The van der Waals surface area contributed by atoms with E-state index in [-0.39, 0.29) is 30.1 Å². The fourth-order valence-electron chi connectivity index (χ4n) is 5.04. The Morgan fingerprint density at radius 1 is 1.29 bits per heavy atom. The number of aromatic nitrogens is 4. The maximum Gasteiger partial charge on any atom is 0.220 e. The van der Waals surface area contributed by atoms with E-state index >= 15 is 0 Å². The van der Waals surface area contributed by atoms with Crippen molar-refractivity contribution in [2.45, 2.75) is 58.9 Å². The molecule has 9 heteroatoms. The fourth-order valence-corrected chi connectivity index (χ4v) is 5.04. The molecule has 1 aliphatic heterocycles. The summed E-state index contributed by atoms with van der Waals surface area (Å²) in [7, 11) is 0. The molecule has 2 fully saturated rings. The summed E-state index contributed by atoms with van der Waals surface area (Å²) in [5.74, 6) is 1.23. The summed E-state index contributed by atoms with van der Waals surface area (Å²) in [4.78, 5) is 43.7. The van der Waals surface area contributed by atoms with Crippen molar-refractivity contribution in [2.24, 2.45) is 5.92 Å². The highest BCUT2D eigenvalue weighted by molar-refractivity contribution is 6.04. The minimum absolute atomic E-state index is 0.0238. The quantitative estimate of drug-likeness (QED) is 0.440. The van der Waals surface area contributed by atoms with Crippen LogP contribution >= 0.6 is 0 Å². The Kier molecular flexibility index (Phi) is 7.94. The lowest BCUT2D eigenvalue weighted by Gasteiger charge is -2.29. The van der Waals surface area contributed by atoms with Gasteiger partial charge < -0.3 is 19.9 Å². The maximum absolute atomic E-state index is 13.2. The monoisotopic (exact) mass is 478 g/mol. The van der Waals surface area contributed by atoms with Crippen molar-refractivity contribution in [3.8, 4) is 0 Å². The molecule has 0 spiro atoms. The number of nitrogens with zero attached hydrogens (tertiary/aromatic N) is 4. The zero-order valence-electron chi connectivity index (χ0n) is 20.7. The number of carbonyl (C=O) groups excluding carboxylic acids is 2. The van der Waals surface area contributed by atoms with Crippen molar-refractivity contribution in [2.75, 3.05) is 24.6 Å². The molecular formula is C26H34N6O3. The molecule has 2 N–H and O–H groups in total. The van der Waals surface area contributed by atoms with E-state index in [1.165, 1.54) is 0 Å². The maximum atomic E-state index is 13.2. The van der Waals surface area contributed by atoms with Gasteiger partial charge in [-0.15, -0.1) is 0 Å². The van der Waals surface area contributed by atoms with Gasteiger partial charge in [0.25, 0.3) is 0 Å². The second kappa shape index (κ2) is 11.3. The van der Waals surface area contributed by atoms with Crippen molar-refractivity contribution in [3.63, 3.8) is 0 Å². The summed E-state index contributed by atoms with van der Waals surface area (Å²) < 4.78 is 6.40. The number of hydrogen-bond acceptors (Lipinski definition) is 7. The molecule has 1 saturated heterocycles. The minimum atomic E-state index is -0.289. The van der Waals surface area contributed by atoms with Crippen LogP contribution in [0, 0.1) is 5.92 Å². The molecule has 2 aromatic heterocycles. The number of allylic oxidation sites excluding steroid dienone is 5. The summed E-state index contributed by atoms with van der Waals surface area (Å²) in [5.41, 5.74) is 3.07. The zero-order valence-corrected chi connectivity index (χ0v) is 20.7. The predicted octanol–water partition coefficient (Wildman–Crippen LogP) is 3.62. The lowest BCUT2D eigenvalue weighted by molar-refractivity contribution is -0.127.